The quantitative estimate of drug-likeness (QED) is 0.476. The maximum Gasteiger partial charge on any atom is 0.338 e. The second-order valence-corrected chi connectivity index (χ2v) is 8.76. The third-order valence-corrected chi connectivity index (χ3v) is 6.36. The van der Waals surface area contributed by atoms with Crippen molar-refractivity contribution in [1.29, 1.82) is 0 Å². The molecule has 0 aromatic heterocycles. The molecule has 0 radical (unpaired) electrons. The molecule has 160 valence electrons. The zero-order chi connectivity index (χ0) is 21.7. The van der Waals surface area contributed by atoms with Crippen LogP contribution in [0.15, 0.2) is 36.4 Å². The first kappa shape index (κ1) is 22.3. The van der Waals surface area contributed by atoms with Gasteiger partial charge in [-0.2, -0.15) is 0 Å². The largest absolute Gasteiger partial charge is 0.457 e. The van der Waals surface area contributed by atoms with Gasteiger partial charge in [0.2, 0.25) is 0 Å². The smallest absolute Gasteiger partial charge is 0.338 e. The molecule has 3 rings (SSSR count). The highest BCUT2D eigenvalue weighted by atomic mass is 32.1. The number of anilines is 1. The van der Waals surface area contributed by atoms with Gasteiger partial charge >= 0.3 is 5.97 Å². The van der Waals surface area contributed by atoms with Crippen LogP contribution in [0, 0.1) is 20.8 Å². The number of nitrogens with zero attached hydrogens (tertiary/aromatic N) is 1. The fraction of sp³-hybridized carbons (Fsp3) is 0.440. The zero-order valence-corrected chi connectivity index (χ0v) is 19.3. The van der Waals surface area contributed by atoms with Crippen molar-refractivity contribution in [3.05, 3.63) is 64.2 Å². The van der Waals surface area contributed by atoms with Crippen molar-refractivity contribution >= 4 is 29.0 Å². The normalized spacial score (nSPS) is 14.3. The van der Waals surface area contributed by atoms with Crippen molar-refractivity contribution in [2.45, 2.75) is 65.5 Å². The van der Waals surface area contributed by atoms with E-state index in [-0.39, 0.29) is 12.6 Å². The van der Waals surface area contributed by atoms with E-state index in [2.05, 4.69) is 17.3 Å². The highest BCUT2D eigenvalue weighted by Crippen LogP contribution is 2.25. The molecular weight excluding hydrogens is 392 g/mol. The summed E-state index contributed by atoms with van der Waals surface area (Å²) < 4.78 is 5.54. The van der Waals surface area contributed by atoms with E-state index in [4.69, 9.17) is 17.0 Å². The molecule has 0 amide bonds. The summed E-state index contributed by atoms with van der Waals surface area (Å²) in [5.74, 6) is -0.301. The Morgan fingerprint density at radius 2 is 1.73 bits per heavy atom. The van der Waals surface area contributed by atoms with Gasteiger partial charge in [-0.15, -0.1) is 0 Å². The molecule has 0 heterocycles. The van der Waals surface area contributed by atoms with Gasteiger partial charge in [0.25, 0.3) is 0 Å². The number of ether oxygens (including phenoxy) is 1. The molecule has 4 nitrogen and oxygen atoms in total. The van der Waals surface area contributed by atoms with E-state index in [9.17, 15) is 4.79 Å². The van der Waals surface area contributed by atoms with Crippen LogP contribution in [-0.2, 0) is 11.3 Å². The number of carbonyl (C=O) groups excluding carboxylic acids is 1. The van der Waals surface area contributed by atoms with Crippen molar-refractivity contribution in [2.24, 2.45) is 0 Å². The molecule has 30 heavy (non-hydrogen) atoms. The van der Waals surface area contributed by atoms with E-state index < -0.39 is 0 Å². The Bertz CT molecular complexity index is 902. The Labute approximate surface area is 185 Å². The molecule has 5 heteroatoms. The number of esters is 1. The van der Waals surface area contributed by atoms with E-state index >= 15 is 0 Å². The van der Waals surface area contributed by atoms with Crippen LogP contribution >= 0.6 is 12.2 Å². The lowest BCUT2D eigenvalue weighted by Crippen LogP contribution is -2.40. The lowest BCUT2D eigenvalue weighted by Gasteiger charge is -2.33. The van der Waals surface area contributed by atoms with Gasteiger partial charge in [-0.1, -0.05) is 49.1 Å². The Morgan fingerprint density at radius 1 is 1.07 bits per heavy atom. The molecule has 0 unspecified atom stereocenters. The van der Waals surface area contributed by atoms with E-state index in [0.29, 0.717) is 11.6 Å². The standard InChI is InChI=1S/C25H32N2O2S/c1-17-10-12-20(13-11-17)16-29-24(28)22-14-19(3)23(15-18(22)2)26-25(30)27(4)21-8-6-5-7-9-21/h10-15,21H,5-9,16H2,1-4H3,(H,26,30). The van der Waals surface area contributed by atoms with Crippen LogP contribution in [0.1, 0.15) is 64.7 Å². The van der Waals surface area contributed by atoms with E-state index in [1.54, 1.807) is 0 Å². The third kappa shape index (κ3) is 5.60. The van der Waals surface area contributed by atoms with Crippen molar-refractivity contribution in [3.8, 4) is 0 Å². The number of thiocarbonyl (C=S) groups is 1. The van der Waals surface area contributed by atoms with Gasteiger partial charge in [-0.3, -0.25) is 0 Å². The summed E-state index contributed by atoms with van der Waals surface area (Å²) in [6.07, 6.45) is 6.26. The minimum absolute atomic E-state index is 0.272. The maximum absolute atomic E-state index is 12.6. The van der Waals surface area contributed by atoms with Crippen LogP contribution in [0.5, 0.6) is 0 Å². The molecule has 0 saturated heterocycles. The molecule has 0 bridgehead atoms. The van der Waals surface area contributed by atoms with Crippen LogP contribution in [0.4, 0.5) is 5.69 Å². The molecule has 1 fully saturated rings. The van der Waals surface area contributed by atoms with Crippen LogP contribution in [0.25, 0.3) is 0 Å². The van der Waals surface area contributed by atoms with Crippen LogP contribution < -0.4 is 5.32 Å². The number of aryl methyl sites for hydroxylation is 3. The van der Waals surface area contributed by atoms with Crippen LogP contribution in [-0.4, -0.2) is 29.1 Å². The predicted octanol–water partition coefficient (Wildman–Crippen LogP) is 5.93. The first-order chi connectivity index (χ1) is 14.3. The SMILES string of the molecule is Cc1ccc(COC(=O)c2cc(C)c(NC(=S)N(C)C3CCCCC3)cc2C)cc1. The molecule has 2 aromatic carbocycles. The van der Waals surface area contributed by atoms with Crippen molar-refractivity contribution < 1.29 is 9.53 Å². The van der Waals surface area contributed by atoms with Gasteiger partial charge < -0.3 is 15.0 Å². The highest BCUT2D eigenvalue weighted by Gasteiger charge is 2.21. The Kier molecular flexibility index (Phi) is 7.48. The van der Waals surface area contributed by atoms with Gasteiger partial charge in [-0.25, -0.2) is 4.79 Å². The lowest BCUT2D eigenvalue weighted by molar-refractivity contribution is 0.0472. The molecule has 1 aliphatic rings. The fourth-order valence-electron chi connectivity index (χ4n) is 3.92. The summed E-state index contributed by atoms with van der Waals surface area (Å²) in [7, 11) is 2.07. The number of rotatable bonds is 5. The second kappa shape index (κ2) is 10.1. The minimum atomic E-state index is -0.301. The number of benzene rings is 2. The predicted molar refractivity (Wildman–Crippen MR) is 127 cm³/mol. The maximum atomic E-state index is 12.6. The first-order valence-corrected chi connectivity index (χ1v) is 11.1. The average molecular weight is 425 g/mol. The van der Waals surface area contributed by atoms with Crippen molar-refractivity contribution in [3.63, 3.8) is 0 Å². The monoisotopic (exact) mass is 424 g/mol. The molecule has 0 aliphatic heterocycles. The van der Waals surface area contributed by atoms with Gasteiger partial charge in [-0.05, 0) is 74.7 Å². The lowest BCUT2D eigenvalue weighted by atomic mass is 9.95. The summed E-state index contributed by atoms with van der Waals surface area (Å²) in [5, 5.41) is 4.12. The highest BCUT2D eigenvalue weighted by molar-refractivity contribution is 7.80. The summed E-state index contributed by atoms with van der Waals surface area (Å²) in [6, 6.07) is 12.4. The van der Waals surface area contributed by atoms with Crippen LogP contribution in [0.2, 0.25) is 0 Å². The molecule has 1 aliphatic carbocycles. The Balaban J connectivity index is 1.64. The molecule has 1 N–H and O–H groups in total. The summed E-state index contributed by atoms with van der Waals surface area (Å²) in [4.78, 5) is 14.8. The van der Waals surface area contributed by atoms with Gasteiger partial charge in [0.05, 0.1) is 5.56 Å². The molecule has 2 aromatic rings. The Hall–Kier alpha value is -2.40. The fourth-order valence-corrected chi connectivity index (χ4v) is 4.18. The van der Waals surface area contributed by atoms with Gasteiger partial charge in [0.15, 0.2) is 5.11 Å². The Morgan fingerprint density at radius 3 is 2.40 bits per heavy atom. The summed E-state index contributed by atoms with van der Waals surface area (Å²) >= 11 is 5.65. The number of carbonyl (C=O) groups is 1. The van der Waals surface area contributed by atoms with E-state index in [1.807, 2.05) is 57.2 Å². The minimum Gasteiger partial charge on any atom is -0.457 e. The number of hydrogen-bond donors (Lipinski definition) is 1. The molecule has 1 saturated carbocycles. The average Bonchev–Trinajstić information content (AvgIpc) is 2.75. The van der Waals surface area contributed by atoms with E-state index in [0.717, 1.165) is 27.5 Å². The summed E-state index contributed by atoms with van der Waals surface area (Å²) in [5.41, 5.74) is 5.55. The number of nitrogens with one attached hydrogen (secondary N) is 1. The molecular formula is C25H32N2O2S. The van der Waals surface area contributed by atoms with Gasteiger partial charge in [0.1, 0.15) is 6.61 Å². The van der Waals surface area contributed by atoms with Crippen LogP contribution in [0.3, 0.4) is 0 Å². The zero-order valence-electron chi connectivity index (χ0n) is 18.5. The molecule has 0 atom stereocenters. The molecule has 0 spiro atoms. The first-order valence-electron chi connectivity index (χ1n) is 10.7. The van der Waals surface area contributed by atoms with Crippen molar-refractivity contribution in [1.82, 2.24) is 4.90 Å². The van der Waals surface area contributed by atoms with Crippen molar-refractivity contribution in [2.75, 3.05) is 12.4 Å². The topological polar surface area (TPSA) is 41.6 Å². The van der Waals surface area contributed by atoms with E-state index in [1.165, 1.54) is 37.7 Å². The number of hydrogen-bond acceptors (Lipinski definition) is 3. The summed E-state index contributed by atoms with van der Waals surface area (Å²) in [6.45, 7) is 6.23. The van der Waals surface area contributed by atoms with Gasteiger partial charge in [0, 0.05) is 18.8 Å². The second-order valence-electron chi connectivity index (χ2n) is 8.38. The third-order valence-electron chi connectivity index (χ3n) is 5.97.